The maximum Gasteiger partial charge on any atom is 0.321 e. The summed E-state index contributed by atoms with van der Waals surface area (Å²) in [6.07, 6.45) is 5.63. The molecule has 0 saturated carbocycles. The van der Waals surface area contributed by atoms with Gasteiger partial charge in [-0.1, -0.05) is 11.6 Å². The molecule has 1 aliphatic heterocycles. The van der Waals surface area contributed by atoms with E-state index < -0.39 is 5.97 Å². The van der Waals surface area contributed by atoms with Gasteiger partial charge in [-0.3, -0.25) is 9.78 Å². The van der Waals surface area contributed by atoms with Crippen molar-refractivity contribution < 1.29 is 14.7 Å². The van der Waals surface area contributed by atoms with Gasteiger partial charge in [0, 0.05) is 48.0 Å². The molecule has 0 spiro atoms. The van der Waals surface area contributed by atoms with Crippen LogP contribution in [0, 0.1) is 0 Å². The topological polar surface area (TPSA) is 82.5 Å². The van der Waals surface area contributed by atoms with Gasteiger partial charge in [0.1, 0.15) is 0 Å². The number of carboxylic acids is 1. The Balaban J connectivity index is 1.78. The van der Waals surface area contributed by atoms with E-state index in [2.05, 4.69) is 10.3 Å². The number of likely N-dealkylation sites (tertiary alicyclic amines) is 1. The molecule has 0 aliphatic carbocycles. The lowest BCUT2D eigenvalue weighted by Crippen LogP contribution is -2.50. The van der Waals surface area contributed by atoms with Crippen LogP contribution in [0.1, 0.15) is 31.2 Å². The van der Waals surface area contributed by atoms with Crippen LogP contribution in [-0.4, -0.2) is 40.1 Å². The second-order valence-corrected chi connectivity index (χ2v) is 7.31. The fourth-order valence-corrected chi connectivity index (χ4v) is 3.80. The molecular formula is C20H22ClN3O3. The average molecular weight is 388 g/mol. The maximum absolute atomic E-state index is 12.8. The zero-order valence-corrected chi connectivity index (χ0v) is 15.7. The molecule has 1 aromatic carbocycles. The van der Waals surface area contributed by atoms with E-state index in [1.54, 1.807) is 41.6 Å². The third kappa shape index (κ3) is 4.77. The Hall–Kier alpha value is -2.60. The van der Waals surface area contributed by atoms with Gasteiger partial charge in [0.15, 0.2) is 0 Å². The number of rotatable bonds is 5. The predicted octanol–water partition coefficient (Wildman–Crippen LogP) is 4.17. The predicted molar refractivity (Wildman–Crippen MR) is 104 cm³/mol. The van der Waals surface area contributed by atoms with Gasteiger partial charge in [0.25, 0.3) is 0 Å². The van der Waals surface area contributed by atoms with Crippen molar-refractivity contribution in [1.82, 2.24) is 9.88 Å². The fourth-order valence-electron chi connectivity index (χ4n) is 3.68. The molecule has 3 rings (SSSR count). The number of carboxylic acid groups (broad SMARTS) is 1. The normalized spacial score (nSPS) is 19.5. The second kappa shape index (κ2) is 8.39. The first-order valence-electron chi connectivity index (χ1n) is 8.92. The molecule has 1 aromatic heterocycles. The number of carbonyl (C=O) groups is 2. The minimum atomic E-state index is -0.828. The zero-order chi connectivity index (χ0) is 19.3. The molecule has 1 aliphatic rings. The van der Waals surface area contributed by atoms with E-state index in [0.29, 0.717) is 30.2 Å². The van der Waals surface area contributed by atoms with Crippen LogP contribution in [0.3, 0.4) is 0 Å². The van der Waals surface area contributed by atoms with Gasteiger partial charge in [-0.2, -0.15) is 0 Å². The molecular weight excluding hydrogens is 366 g/mol. The summed E-state index contributed by atoms with van der Waals surface area (Å²) >= 11 is 5.89. The molecule has 6 nitrogen and oxygen atoms in total. The summed E-state index contributed by atoms with van der Waals surface area (Å²) in [6, 6.07) is 10.6. The Morgan fingerprint density at radius 3 is 2.56 bits per heavy atom. The number of carbonyl (C=O) groups excluding carboxylic acids is 1. The van der Waals surface area contributed by atoms with E-state index in [-0.39, 0.29) is 17.9 Å². The number of hydrogen-bond donors (Lipinski definition) is 2. The number of benzene rings is 1. The second-order valence-electron chi connectivity index (χ2n) is 6.87. The van der Waals surface area contributed by atoms with Gasteiger partial charge in [-0.05, 0) is 61.2 Å². The summed E-state index contributed by atoms with van der Waals surface area (Å²) in [7, 11) is 0. The van der Waals surface area contributed by atoms with Crippen LogP contribution in [0.4, 0.5) is 10.5 Å². The minimum absolute atomic E-state index is 0.0645. The lowest BCUT2D eigenvalue weighted by Gasteiger charge is -2.43. The van der Waals surface area contributed by atoms with Crippen molar-refractivity contribution >= 4 is 29.3 Å². The molecule has 1 atom stereocenters. The summed E-state index contributed by atoms with van der Waals surface area (Å²) in [4.78, 5) is 29.8. The number of anilines is 1. The average Bonchev–Trinajstić information content (AvgIpc) is 2.69. The van der Waals surface area contributed by atoms with Crippen LogP contribution in [0.5, 0.6) is 0 Å². The molecule has 1 fully saturated rings. The number of halogens is 1. The molecule has 142 valence electrons. The summed E-state index contributed by atoms with van der Waals surface area (Å²) in [5.41, 5.74) is 1.33. The van der Waals surface area contributed by atoms with Gasteiger partial charge in [0.2, 0.25) is 0 Å². The van der Waals surface area contributed by atoms with E-state index >= 15 is 0 Å². The van der Waals surface area contributed by atoms with Crippen LogP contribution < -0.4 is 5.32 Å². The monoisotopic (exact) mass is 387 g/mol. The molecule has 2 N–H and O–H groups in total. The lowest BCUT2D eigenvalue weighted by molar-refractivity contribution is -0.137. The van der Waals surface area contributed by atoms with Gasteiger partial charge >= 0.3 is 12.0 Å². The molecule has 1 saturated heterocycles. The largest absolute Gasteiger partial charge is 0.481 e. The van der Waals surface area contributed by atoms with Crippen molar-refractivity contribution in [2.45, 2.75) is 31.1 Å². The quantitative estimate of drug-likeness (QED) is 0.806. The Bertz CT molecular complexity index is 798. The summed E-state index contributed by atoms with van der Waals surface area (Å²) in [5.74, 6) is -0.828. The van der Waals surface area contributed by atoms with E-state index in [1.807, 2.05) is 12.1 Å². The third-order valence-electron chi connectivity index (χ3n) is 5.07. The van der Waals surface area contributed by atoms with Gasteiger partial charge in [0.05, 0.1) is 0 Å². The number of piperidine rings is 1. The van der Waals surface area contributed by atoms with Crippen molar-refractivity contribution in [2.75, 3.05) is 18.4 Å². The van der Waals surface area contributed by atoms with Crippen LogP contribution >= 0.6 is 11.6 Å². The highest BCUT2D eigenvalue weighted by molar-refractivity contribution is 6.30. The number of pyridine rings is 1. The first-order valence-corrected chi connectivity index (χ1v) is 9.30. The summed E-state index contributed by atoms with van der Waals surface area (Å²) in [5, 5.41) is 12.7. The molecule has 27 heavy (non-hydrogen) atoms. The van der Waals surface area contributed by atoms with Crippen molar-refractivity contribution in [1.29, 1.82) is 0 Å². The molecule has 2 aromatic rings. The van der Waals surface area contributed by atoms with Crippen molar-refractivity contribution in [2.24, 2.45) is 0 Å². The smallest absolute Gasteiger partial charge is 0.321 e. The number of nitrogens with one attached hydrogen (secondary N) is 1. The lowest BCUT2D eigenvalue weighted by atomic mass is 9.71. The first-order chi connectivity index (χ1) is 13.0. The van der Waals surface area contributed by atoms with Crippen LogP contribution in [0.25, 0.3) is 0 Å². The molecule has 2 heterocycles. The Morgan fingerprint density at radius 1 is 1.19 bits per heavy atom. The number of hydrogen-bond acceptors (Lipinski definition) is 3. The Kier molecular flexibility index (Phi) is 5.96. The number of nitrogens with zero attached hydrogens (tertiary/aromatic N) is 2. The minimum Gasteiger partial charge on any atom is -0.481 e. The zero-order valence-electron chi connectivity index (χ0n) is 14.9. The van der Waals surface area contributed by atoms with Gasteiger partial charge in [-0.15, -0.1) is 0 Å². The van der Waals surface area contributed by atoms with E-state index in [9.17, 15) is 14.7 Å². The Labute approximate surface area is 163 Å². The fraction of sp³-hybridized carbons (Fsp3) is 0.350. The number of amides is 2. The number of urea groups is 1. The number of aromatic nitrogens is 1. The SMILES string of the molecule is O=C(O)CCC1(c2ccncc2)CCCN(C(=O)Nc2ccc(Cl)cc2)C1. The van der Waals surface area contributed by atoms with Gasteiger partial charge in [-0.25, -0.2) is 4.79 Å². The highest BCUT2D eigenvalue weighted by Gasteiger charge is 2.38. The van der Waals surface area contributed by atoms with Crippen molar-refractivity contribution in [3.63, 3.8) is 0 Å². The highest BCUT2D eigenvalue weighted by atomic mass is 35.5. The van der Waals surface area contributed by atoms with Crippen molar-refractivity contribution in [3.8, 4) is 0 Å². The molecule has 1 unspecified atom stereocenters. The van der Waals surface area contributed by atoms with Crippen molar-refractivity contribution in [3.05, 3.63) is 59.4 Å². The number of aliphatic carboxylic acids is 1. The Morgan fingerprint density at radius 2 is 1.89 bits per heavy atom. The molecule has 7 heteroatoms. The van der Waals surface area contributed by atoms with Crippen LogP contribution in [0.2, 0.25) is 5.02 Å². The summed E-state index contributed by atoms with van der Waals surface area (Å²) in [6.45, 7) is 1.11. The van der Waals surface area contributed by atoms with Crippen LogP contribution in [-0.2, 0) is 10.2 Å². The molecule has 0 bridgehead atoms. The van der Waals surface area contributed by atoms with Gasteiger partial charge < -0.3 is 15.3 Å². The molecule has 2 amide bonds. The van der Waals surface area contributed by atoms with E-state index in [0.717, 1.165) is 18.4 Å². The standard InChI is InChI=1S/C20H22ClN3O3/c21-16-2-4-17(5-3-16)23-19(27)24-13-1-9-20(14-24,10-6-18(25)26)15-7-11-22-12-8-15/h2-5,7-8,11-12H,1,6,9-10,13-14H2,(H,23,27)(H,25,26). The van der Waals surface area contributed by atoms with E-state index in [1.165, 1.54) is 0 Å². The summed E-state index contributed by atoms with van der Waals surface area (Å²) < 4.78 is 0. The van der Waals surface area contributed by atoms with E-state index in [4.69, 9.17) is 11.6 Å². The van der Waals surface area contributed by atoms with Crippen LogP contribution in [0.15, 0.2) is 48.8 Å². The third-order valence-corrected chi connectivity index (χ3v) is 5.32. The maximum atomic E-state index is 12.8. The first kappa shape index (κ1) is 19.2. The highest BCUT2D eigenvalue weighted by Crippen LogP contribution is 2.38. The molecule has 0 radical (unpaired) electrons.